The van der Waals surface area contributed by atoms with E-state index >= 15 is 0 Å². The lowest BCUT2D eigenvalue weighted by Gasteiger charge is -1.95. The molecule has 0 N–H and O–H groups in total. The van der Waals surface area contributed by atoms with Crippen molar-refractivity contribution >= 4 is 28.8 Å². The van der Waals surface area contributed by atoms with Crippen LogP contribution in [0.5, 0.6) is 0 Å². The number of nitrogens with zero attached hydrogens (tertiary/aromatic N) is 1. The zero-order valence-corrected chi connectivity index (χ0v) is 8.28. The molecule has 0 unspecified atom stereocenters. The maximum Gasteiger partial charge on any atom is 0.181 e. The Morgan fingerprint density at radius 3 is 2.82 bits per heavy atom. The molecule has 0 aliphatic carbocycles. The zero-order chi connectivity index (χ0) is 8.27. The van der Waals surface area contributed by atoms with E-state index in [0.717, 1.165) is 13.9 Å². The molecule has 0 atom stereocenters. The van der Waals surface area contributed by atoms with E-state index in [1.54, 1.807) is 6.21 Å². The Kier molecular flexibility index (Phi) is 2.87. The van der Waals surface area contributed by atoms with Crippen LogP contribution in [0.3, 0.4) is 0 Å². The Morgan fingerprint density at radius 2 is 2.27 bits per heavy atom. The molecular weight excluding hydrogens is 253 g/mol. The minimum atomic E-state index is 0.797. The molecule has 0 aliphatic heterocycles. The van der Waals surface area contributed by atoms with Gasteiger partial charge in [0.15, 0.2) is 6.21 Å². The van der Waals surface area contributed by atoms with E-state index in [2.05, 4.69) is 22.6 Å². The molecule has 1 aromatic rings. The number of rotatable bonds is 1. The fraction of sp³-hybridized carbons (Fsp3) is 0.125. The van der Waals surface area contributed by atoms with Gasteiger partial charge in [0.05, 0.1) is 0 Å². The van der Waals surface area contributed by atoms with E-state index in [1.165, 1.54) is 7.05 Å². The van der Waals surface area contributed by atoms with Crippen molar-refractivity contribution in [3.05, 3.63) is 38.6 Å². The first-order chi connectivity index (χ1) is 5.18. The van der Waals surface area contributed by atoms with E-state index in [1.807, 2.05) is 24.3 Å². The molecule has 0 aliphatic rings. The molecule has 0 fully saturated rings. The van der Waals surface area contributed by atoms with Crippen molar-refractivity contribution in [1.82, 2.24) is 0 Å². The molecule has 0 spiro atoms. The second-order valence-corrected chi connectivity index (χ2v) is 3.48. The summed E-state index contributed by atoms with van der Waals surface area (Å²) in [7, 11) is 1.47. The van der Waals surface area contributed by atoms with Gasteiger partial charge in [-0.15, -0.1) is 0 Å². The van der Waals surface area contributed by atoms with Crippen LogP contribution in [0.1, 0.15) is 5.56 Å². The first kappa shape index (κ1) is 8.52. The summed E-state index contributed by atoms with van der Waals surface area (Å²) in [6, 6.07) is 7.77. The summed E-state index contributed by atoms with van der Waals surface area (Å²) >= 11 is 2.21. The average Bonchev–Trinajstić information content (AvgIpc) is 1.85. The minimum absolute atomic E-state index is 0.797. The Hall–Kier alpha value is -0.580. The van der Waals surface area contributed by atoms with Crippen LogP contribution in [0.25, 0.3) is 0 Å². The Labute approximate surface area is 79.3 Å². The van der Waals surface area contributed by atoms with Crippen molar-refractivity contribution in [3.63, 3.8) is 0 Å². The fourth-order valence-corrected chi connectivity index (χ4v) is 1.36. The van der Waals surface area contributed by atoms with Crippen LogP contribution in [0.2, 0.25) is 0 Å². The zero-order valence-electron chi connectivity index (χ0n) is 6.12. The monoisotopic (exact) mass is 261 g/mol. The van der Waals surface area contributed by atoms with E-state index in [0.29, 0.717) is 0 Å². The highest BCUT2D eigenvalue weighted by Gasteiger charge is 1.91. The van der Waals surface area contributed by atoms with Crippen LogP contribution in [-0.4, -0.2) is 18.0 Å². The van der Waals surface area contributed by atoms with Crippen molar-refractivity contribution in [2.24, 2.45) is 0 Å². The summed E-state index contributed by atoms with van der Waals surface area (Å²) in [6.07, 6.45) is 1.54. The van der Waals surface area contributed by atoms with E-state index < -0.39 is 0 Å². The van der Waals surface area contributed by atoms with E-state index in [4.69, 9.17) is 0 Å². The van der Waals surface area contributed by atoms with Crippen LogP contribution in [0, 0.1) is 8.78 Å². The van der Waals surface area contributed by atoms with Gasteiger partial charge in [-0.1, -0.05) is 6.07 Å². The van der Waals surface area contributed by atoms with E-state index in [-0.39, 0.29) is 0 Å². The summed E-state index contributed by atoms with van der Waals surface area (Å²) in [6.45, 7) is 0. The molecule has 0 amide bonds. The van der Waals surface area contributed by atoms with Gasteiger partial charge in [-0.05, 0) is 40.8 Å². The predicted octanol–water partition coefficient (Wildman–Crippen LogP) is 1.85. The third-order valence-electron chi connectivity index (χ3n) is 1.18. The highest BCUT2D eigenvalue weighted by Crippen LogP contribution is 2.05. The highest BCUT2D eigenvalue weighted by molar-refractivity contribution is 14.1. The lowest BCUT2D eigenvalue weighted by atomic mass is 10.2. The number of hydrogen-bond acceptors (Lipinski definition) is 1. The maximum atomic E-state index is 10.6. The van der Waals surface area contributed by atoms with Crippen molar-refractivity contribution in [2.45, 2.75) is 0 Å². The van der Waals surface area contributed by atoms with Crippen LogP contribution in [0.4, 0.5) is 0 Å². The molecule has 0 saturated carbocycles. The molecule has 0 radical (unpaired) electrons. The predicted molar refractivity (Wildman–Crippen MR) is 53.9 cm³/mol. The molecule has 0 aromatic heterocycles. The standard InChI is InChI=1S/C8H8INO/c1-10(11)6-7-3-2-4-8(9)5-7/h2-6H,1H3/b10-6-. The number of halogens is 1. The van der Waals surface area contributed by atoms with Crippen molar-refractivity contribution in [1.29, 1.82) is 0 Å². The molecule has 1 rings (SSSR count). The first-order valence-corrected chi connectivity index (χ1v) is 4.27. The van der Waals surface area contributed by atoms with Gasteiger partial charge in [0.25, 0.3) is 0 Å². The summed E-state index contributed by atoms with van der Waals surface area (Å²) in [5.74, 6) is 0. The minimum Gasteiger partial charge on any atom is -0.624 e. The second kappa shape index (κ2) is 3.71. The van der Waals surface area contributed by atoms with Gasteiger partial charge in [0, 0.05) is 9.13 Å². The van der Waals surface area contributed by atoms with E-state index in [9.17, 15) is 5.21 Å². The van der Waals surface area contributed by atoms with Gasteiger partial charge in [0.2, 0.25) is 0 Å². The highest BCUT2D eigenvalue weighted by atomic mass is 127. The fourth-order valence-electron chi connectivity index (χ4n) is 0.797. The lowest BCUT2D eigenvalue weighted by molar-refractivity contribution is -0.416. The molecular formula is C8H8INO. The third kappa shape index (κ3) is 2.88. The summed E-state index contributed by atoms with van der Waals surface area (Å²) < 4.78 is 1.93. The van der Waals surface area contributed by atoms with Gasteiger partial charge in [-0.2, -0.15) is 0 Å². The van der Waals surface area contributed by atoms with Crippen molar-refractivity contribution in [3.8, 4) is 0 Å². The topological polar surface area (TPSA) is 26.1 Å². The Morgan fingerprint density at radius 1 is 1.55 bits per heavy atom. The van der Waals surface area contributed by atoms with Gasteiger partial charge in [0.1, 0.15) is 7.05 Å². The molecule has 0 heterocycles. The van der Waals surface area contributed by atoms with Crippen LogP contribution < -0.4 is 0 Å². The number of hydroxylamine groups is 1. The van der Waals surface area contributed by atoms with Crippen molar-refractivity contribution < 1.29 is 4.74 Å². The second-order valence-electron chi connectivity index (χ2n) is 2.23. The van der Waals surface area contributed by atoms with Gasteiger partial charge in [-0.3, -0.25) is 0 Å². The normalized spacial score (nSPS) is 11.6. The molecule has 3 heteroatoms. The Bertz CT molecular complexity index is 279. The average molecular weight is 261 g/mol. The lowest BCUT2D eigenvalue weighted by Crippen LogP contribution is -1.97. The SMILES string of the molecule is C/[N+]([O-])=C/c1cccc(I)c1. The molecule has 2 nitrogen and oxygen atoms in total. The van der Waals surface area contributed by atoms with Crippen molar-refractivity contribution in [2.75, 3.05) is 7.05 Å². The molecule has 0 bridgehead atoms. The third-order valence-corrected chi connectivity index (χ3v) is 1.85. The first-order valence-electron chi connectivity index (χ1n) is 3.19. The number of benzene rings is 1. The Balaban J connectivity index is 2.97. The molecule has 11 heavy (non-hydrogen) atoms. The molecule has 1 aromatic carbocycles. The summed E-state index contributed by atoms with van der Waals surface area (Å²) in [4.78, 5) is 0. The quantitative estimate of drug-likeness (QED) is 0.249. The molecule has 58 valence electrons. The largest absolute Gasteiger partial charge is 0.624 e. The summed E-state index contributed by atoms with van der Waals surface area (Å²) in [5, 5.41) is 10.6. The van der Waals surface area contributed by atoms with Gasteiger partial charge < -0.3 is 5.21 Å². The van der Waals surface area contributed by atoms with Gasteiger partial charge >= 0.3 is 0 Å². The van der Waals surface area contributed by atoms with Crippen LogP contribution in [-0.2, 0) is 0 Å². The number of hydrogen-bond donors (Lipinski definition) is 0. The maximum absolute atomic E-state index is 10.6. The van der Waals surface area contributed by atoms with Gasteiger partial charge in [-0.25, -0.2) is 4.74 Å². The molecule has 0 saturated heterocycles. The van der Waals surface area contributed by atoms with Crippen LogP contribution >= 0.6 is 22.6 Å². The van der Waals surface area contributed by atoms with Crippen LogP contribution in [0.15, 0.2) is 24.3 Å². The smallest absolute Gasteiger partial charge is 0.181 e. The summed E-state index contributed by atoms with van der Waals surface area (Å²) in [5.41, 5.74) is 0.939.